The second-order valence-corrected chi connectivity index (χ2v) is 7.22. The second-order valence-electron chi connectivity index (χ2n) is 4.96. The Morgan fingerprint density at radius 3 is 2.16 bits per heavy atom. The first-order chi connectivity index (χ1) is 11.5. The fourth-order valence-corrected chi connectivity index (χ4v) is 3.81. The highest BCUT2D eigenvalue weighted by molar-refractivity contribution is 7.89. The molecule has 0 aliphatic rings. The molecule has 0 heterocycles. The predicted octanol–water partition coefficient (Wildman–Crippen LogP) is 4.77. The van der Waals surface area contributed by atoms with Crippen LogP contribution >= 0.6 is 11.6 Å². The lowest BCUT2D eigenvalue weighted by Crippen LogP contribution is -2.35. The van der Waals surface area contributed by atoms with Crippen molar-refractivity contribution in [1.82, 2.24) is 4.31 Å². The topological polar surface area (TPSA) is 37.4 Å². The molecule has 0 aromatic heterocycles. The first kappa shape index (κ1) is 19.6. The molecule has 2 aromatic carbocycles. The summed E-state index contributed by atoms with van der Waals surface area (Å²) in [5.74, 6) is 0. The maximum atomic E-state index is 13.3. The van der Waals surface area contributed by atoms with Gasteiger partial charge in [-0.05, 0) is 23.8 Å². The molecule has 0 spiro atoms. The minimum absolute atomic E-state index is 0.205. The number of sulfonamides is 1. The average Bonchev–Trinajstić information content (AvgIpc) is 2.52. The molecule has 0 unspecified atom stereocenters. The van der Waals surface area contributed by atoms with Crippen LogP contribution in [-0.2, 0) is 22.7 Å². The normalized spacial score (nSPS) is 12.8. The van der Waals surface area contributed by atoms with Crippen molar-refractivity contribution in [3.63, 3.8) is 0 Å². The van der Waals surface area contributed by atoms with Crippen LogP contribution in [0.5, 0.6) is 0 Å². The molecule has 0 saturated carbocycles. The van der Waals surface area contributed by atoms with Gasteiger partial charge < -0.3 is 0 Å². The molecule has 0 aliphatic heterocycles. The van der Waals surface area contributed by atoms with Crippen molar-refractivity contribution in [2.24, 2.45) is 0 Å². The Bertz CT molecular complexity index is 841. The van der Waals surface area contributed by atoms with Crippen LogP contribution in [0, 0.1) is 0 Å². The van der Waals surface area contributed by atoms with Gasteiger partial charge in [0, 0.05) is 6.54 Å². The molecule has 25 heavy (non-hydrogen) atoms. The fraction of sp³-hybridized carbons (Fsp3) is 0.200. The number of halogens is 6. The van der Waals surface area contributed by atoms with Gasteiger partial charge in [-0.1, -0.05) is 41.9 Å². The van der Waals surface area contributed by atoms with Crippen LogP contribution in [0.4, 0.5) is 22.0 Å². The maximum Gasteiger partial charge on any atom is 0.416 e. The summed E-state index contributed by atoms with van der Waals surface area (Å²) in [7, 11) is -4.96. The van der Waals surface area contributed by atoms with Gasteiger partial charge in [0.25, 0.3) is 0 Å². The standard InChI is InChI=1S/C15H11ClF5NO2S/c16-12-7-6-11(15(19,20)21)8-13(12)25(23,24)22(14(17)18)9-10-4-2-1-3-5-10/h1-8,14H,9H2. The summed E-state index contributed by atoms with van der Waals surface area (Å²) in [5.41, 5.74) is -1.06. The van der Waals surface area contributed by atoms with E-state index in [0.29, 0.717) is 12.1 Å². The van der Waals surface area contributed by atoms with Crippen molar-refractivity contribution >= 4 is 21.6 Å². The Hall–Kier alpha value is -1.71. The van der Waals surface area contributed by atoms with E-state index in [1.807, 2.05) is 0 Å². The van der Waals surface area contributed by atoms with Crippen molar-refractivity contribution < 1.29 is 30.4 Å². The van der Waals surface area contributed by atoms with E-state index in [-0.39, 0.29) is 15.9 Å². The van der Waals surface area contributed by atoms with Crippen molar-refractivity contribution in [3.8, 4) is 0 Å². The number of rotatable bonds is 5. The fourth-order valence-electron chi connectivity index (χ4n) is 2.03. The summed E-state index contributed by atoms with van der Waals surface area (Å²) >= 11 is 5.66. The monoisotopic (exact) mass is 399 g/mol. The molecule has 2 aromatic rings. The summed E-state index contributed by atoms with van der Waals surface area (Å²) < 4.78 is 89.8. The van der Waals surface area contributed by atoms with Gasteiger partial charge in [-0.15, -0.1) is 4.31 Å². The molecule has 0 saturated heterocycles. The van der Waals surface area contributed by atoms with Gasteiger partial charge in [0.05, 0.1) is 10.6 Å². The number of hydrogen-bond acceptors (Lipinski definition) is 2. The molecular weight excluding hydrogens is 389 g/mol. The lowest BCUT2D eigenvalue weighted by Gasteiger charge is -2.22. The highest BCUT2D eigenvalue weighted by Gasteiger charge is 2.37. The van der Waals surface area contributed by atoms with Crippen LogP contribution in [0.25, 0.3) is 0 Å². The van der Waals surface area contributed by atoms with E-state index in [1.165, 1.54) is 24.3 Å². The third-order valence-corrected chi connectivity index (χ3v) is 5.49. The van der Waals surface area contributed by atoms with E-state index in [9.17, 15) is 30.4 Å². The Kier molecular flexibility index (Phi) is 5.70. The molecule has 0 atom stereocenters. The Labute approximate surface area is 145 Å². The molecular formula is C15H11ClF5NO2S. The lowest BCUT2D eigenvalue weighted by molar-refractivity contribution is -0.137. The Morgan fingerprint density at radius 1 is 1.04 bits per heavy atom. The molecule has 0 radical (unpaired) electrons. The third kappa shape index (κ3) is 4.47. The summed E-state index contributed by atoms with van der Waals surface area (Å²) in [5, 5.41) is -0.577. The van der Waals surface area contributed by atoms with Crippen LogP contribution in [-0.4, -0.2) is 19.3 Å². The third-order valence-electron chi connectivity index (χ3n) is 3.24. The number of alkyl halides is 5. The summed E-state index contributed by atoms with van der Waals surface area (Å²) in [4.78, 5) is -1.03. The molecule has 2 rings (SSSR count). The largest absolute Gasteiger partial charge is 0.416 e. The zero-order valence-electron chi connectivity index (χ0n) is 12.3. The van der Waals surface area contributed by atoms with Crippen LogP contribution < -0.4 is 0 Å². The second kappa shape index (κ2) is 7.27. The Morgan fingerprint density at radius 2 is 1.64 bits per heavy atom. The zero-order valence-corrected chi connectivity index (χ0v) is 13.9. The number of nitrogens with zero attached hydrogens (tertiary/aromatic N) is 1. The summed E-state index contributed by atoms with van der Waals surface area (Å²) in [6.45, 7) is -4.18. The van der Waals surface area contributed by atoms with Crippen molar-refractivity contribution in [2.45, 2.75) is 24.2 Å². The van der Waals surface area contributed by atoms with Gasteiger partial charge in [-0.25, -0.2) is 8.42 Å². The minimum atomic E-state index is -4.96. The molecule has 0 bridgehead atoms. The minimum Gasteiger partial charge on any atom is -0.207 e. The van der Waals surface area contributed by atoms with Gasteiger partial charge in [-0.3, -0.25) is 0 Å². The van der Waals surface area contributed by atoms with E-state index in [2.05, 4.69) is 0 Å². The molecule has 0 N–H and O–H groups in total. The first-order valence-electron chi connectivity index (χ1n) is 6.74. The van der Waals surface area contributed by atoms with Crippen LogP contribution in [0.2, 0.25) is 5.02 Å². The van der Waals surface area contributed by atoms with Gasteiger partial charge in [0.1, 0.15) is 4.90 Å². The van der Waals surface area contributed by atoms with Crippen LogP contribution in [0.1, 0.15) is 11.1 Å². The predicted molar refractivity (Wildman–Crippen MR) is 81.6 cm³/mol. The highest BCUT2D eigenvalue weighted by atomic mass is 35.5. The van der Waals surface area contributed by atoms with Gasteiger partial charge in [-0.2, -0.15) is 22.0 Å². The molecule has 10 heteroatoms. The van der Waals surface area contributed by atoms with Crippen molar-refractivity contribution in [3.05, 3.63) is 64.7 Å². The van der Waals surface area contributed by atoms with Crippen molar-refractivity contribution in [1.29, 1.82) is 0 Å². The van der Waals surface area contributed by atoms with E-state index >= 15 is 0 Å². The maximum absolute atomic E-state index is 13.3. The van der Waals surface area contributed by atoms with Gasteiger partial charge in [0.2, 0.25) is 10.0 Å². The number of benzene rings is 2. The quantitative estimate of drug-likeness (QED) is 0.536. The number of hydrogen-bond donors (Lipinski definition) is 0. The van der Waals surface area contributed by atoms with Crippen LogP contribution in [0.3, 0.4) is 0 Å². The SMILES string of the molecule is O=S(=O)(c1cc(C(F)(F)F)ccc1Cl)N(Cc1ccccc1)C(F)F. The zero-order chi connectivity index (χ0) is 18.8. The van der Waals surface area contributed by atoms with Gasteiger partial charge >= 0.3 is 12.7 Å². The average molecular weight is 400 g/mol. The molecule has 136 valence electrons. The summed E-state index contributed by atoms with van der Waals surface area (Å²) in [6, 6.07) is 9.00. The molecule has 0 aliphatic carbocycles. The molecule has 3 nitrogen and oxygen atoms in total. The van der Waals surface area contributed by atoms with Crippen molar-refractivity contribution in [2.75, 3.05) is 0 Å². The smallest absolute Gasteiger partial charge is 0.207 e. The van der Waals surface area contributed by atoms with E-state index in [4.69, 9.17) is 11.6 Å². The van der Waals surface area contributed by atoms with E-state index < -0.39 is 44.8 Å². The Balaban J connectivity index is 2.51. The lowest BCUT2D eigenvalue weighted by atomic mass is 10.2. The van der Waals surface area contributed by atoms with E-state index in [0.717, 1.165) is 0 Å². The molecule has 0 fully saturated rings. The first-order valence-corrected chi connectivity index (χ1v) is 8.56. The van der Waals surface area contributed by atoms with E-state index in [1.54, 1.807) is 6.07 Å². The highest BCUT2D eigenvalue weighted by Crippen LogP contribution is 2.35. The summed E-state index contributed by atoms with van der Waals surface area (Å²) in [6.07, 6.45) is -4.84. The molecule has 0 amide bonds. The van der Waals surface area contributed by atoms with Crippen LogP contribution in [0.15, 0.2) is 53.4 Å². The van der Waals surface area contributed by atoms with Gasteiger partial charge in [0.15, 0.2) is 0 Å².